The second-order valence-electron chi connectivity index (χ2n) is 19.9. The van der Waals surface area contributed by atoms with Crippen LogP contribution in [0.3, 0.4) is 0 Å². The number of aliphatic hydroxyl groups is 2. The number of aromatic nitrogens is 6. The molecule has 0 spiro atoms. The van der Waals surface area contributed by atoms with Crippen molar-refractivity contribution in [2.75, 3.05) is 29.8 Å². The van der Waals surface area contributed by atoms with E-state index in [1.165, 1.54) is 203 Å². The van der Waals surface area contributed by atoms with Gasteiger partial charge in [-0.25, -0.2) is 0 Å². The van der Waals surface area contributed by atoms with Crippen LogP contribution >= 0.6 is 23.5 Å². The van der Waals surface area contributed by atoms with E-state index in [1.54, 1.807) is 20.8 Å². The van der Waals surface area contributed by atoms with Crippen molar-refractivity contribution in [2.45, 2.75) is 292 Å². The highest BCUT2D eigenvalue weighted by Gasteiger charge is 2.08. The summed E-state index contributed by atoms with van der Waals surface area (Å²) in [5.41, 5.74) is 1.40. The average molecular weight is 1150 g/mol. The van der Waals surface area contributed by atoms with Gasteiger partial charge >= 0.3 is 23.9 Å². The first-order valence-electron chi connectivity index (χ1n) is 30.7. The van der Waals surface area contributed by atoms with Gasteiger partial charge in [0.05, 0.1) is 19.0 Å². The first-order valence-corrected chi connectivity index (χ1v) is 33.0. The molecule has 0 amide bonds. The largest absolute Gasteiger partial charge is 0.459 e. The molecule has 454 valence electrons. The summed E-state index contributed by atoms with van der Waals surface area (Å²) in [4.78, 5) is 43.1. The van der Waals surface area contributed by atoms with Gasteiger partial charge in [0, 0.05) is 43.9 Å². The highest BCUT2D eigenvalue weighted by atomic mass is 32.2. The topological polar surface area (TPSA) is 198 Å². The Hall–Kier alpha value is -3.90. The van der Waals surface area contributed by atoms with E-state index < -0.39 is 11.9 Å². The van der Waals surface area contributed by atoms with Crippen LogP contribution in [-0.4, -0.2) is 93.9 Å². The number of thioether (sulfide) groups is 2. The number of aliphatic hydroxyl groups excluding tert-OH is 2. The van der Waals surface area contributed by atoms with Crippen LogP contribution in [0, 0.1) is 24.7 Å². The Morgan fingerprint density at radius 3 is 1.22 bits per heavy atom. The molecule has 0 fully saturated rings. The van der Waals surface area contributed by atoms with Gasteiger partial charge in [-0.1, -0.05) is 230 Å². The summed E-state index contributed by atoms with van der Waals surface area (Å²) in [6, 6.07) is 0. The van der Waals surface area contributed by atoms with Gasteiger partial charge in [-0.2, -0.15) is 23.5 Å². The molecule has 15 nitrogen and oxygen atoms in total. The molecule has 2 N–H and O–H groups in total. The molecule has 0 atom stereocenters. The van der Waals surface area contributed by atoms with E-state index in [-0.39, 0.29) is 51.2 Å². The lowest BCUT2D eigenvalue weighted by atomic mass is 10.0. The van der Waals surface area contributed by atoms with Crippen molar-refractivity contribution in [1.82, 2.24) is 30.0 Å². The van der Waals surface area contributed by atoms with Crippen molar-refractivity contribution in [3.05, 3.63) is 23.8 Å². The molecular formula is C62H110N6O9S2. The van der Waals surface area contributed by atoms with Crippen LogP contribution in [-0.2, 0) is 59.7 Å². The molecule has 2 rings (SSSR count). The van der Waals surface area contributed by atoms with E-state index in [0.29, 0.717) is 18.5 Å². The molecule has 0 bridgehead atoms. The van der Waals surface area contributed by atoms with Gasteiger partial charge in [0.15, 0.2) is 6.61 Å². The van der Waals surface area contributed by atoms with Gasteiger partial charge in [0.25, 0.3) is 0 Å². The molecule has 2 aromatic rings. The predicted octanol–water partition coefficient (Wildman–Crippen LogP) is 14.9. The molecule has 17 heteroatoms. The molecule has 0 aliphatic rings. The SMILES string of the molecule is C#CCO.C#CCOC(=O)CC.CCC(=O)OC(=O)CC.CCCCCCCCCCCCCCCCCC(=O)OCc1cn(CCCCCCCCCCCSCSCCCCCCCCCCCn2cc(CO)nn2)nn1. The minimum atomic E-state index is -0.457. The Kier molecular flexibility index (Phi) is 61.8. The lowest BCUT2D eigenvalue weighted by molar-refractivity contribution is -0.159. The lowest BCUT2D eigenvalue weighted by Crippen LogP contribution is -2.09. The van der Waals surface area contributed by atoms with E-state index in [4.69, 9.17) is 21.4 Å². The van der Waals surface area contributed by atoms with Crippen molar-refractivity contribution in [1.29, 1.82) is 0 Å². The third-order valence-electron chi connectivity index (χ3n) is 12.7. The van der Waals surface area contributed by atoms with Crippen molar-refractivity contribution < 1.29 is 43.6 Å². The maximum absolute atomic E-state index is 12.2. The fourth-order valence-electron chi connectivity index (χ4n) is 8.00. The number of unbranched alkanes of at least 4 members (excludes halogenated alkanes) is 30. The third-order valence-corrected chi connectivity index (χ3v) is 15.2. The lowest BCUT2D eigenvalue weighted by Gasteiger charge is -2.05. The van der Waals surface area contributed by atoms with Crippen molar-refractivity contribution in [3.63, 3.8) is 0 Å². The van der Waals surface area contributed by atoms with E-state index in [9.17, 15) is 19.2 Å². The van der Waals surface area contributed by atoms with Crippen LogP contribution in [0.4, 0.5) is 0 Å². The Morgan fingerprint density at radius 2 is 0.848 bits per heavy atom. The first kappa shape index (κ1) is 77.2. The van der Waals surface area contributed by atoms with Gasteiger partial charge < -0.3 is 24.4 Å². The van der Waals surface area contributed by atoms with Crippen LogP contribution < -0.4 is 0 Å². The summed E-state index contributed by atoms with van der Waals surface area (Å²) in [5.74, 6) is 5.55. The number of rotatable bonds is 49. The molecule has 2 aromatic heterocycles. The highest BCUT2D eigenvalue weighted by Crippen LogP contribution is 2.19. The minimum Gasteiger partial charge on any atom is -0.459 e. The van der Waals surface area contributed by atoms with Gasteiger partial charge in [-0.3, -0.25) is 28.5 Å². The monoisotopic (exact) mass is 1150 g/mol. The van der Waals surface area contributed by atoms with Gasteiger partial charge in [0.2, 0.25) is 0 Å². The maximum atomic E-state index is 12.2. The summed E-state index contributed by atoms with van der Waals surface area (Å²) < 4.78 is 17.9. The van der Waals surface area contributed by atoms with Crippen molar-refractivity contribution in [3.8, 4) is 24.7 Å². The molecule has 0 saturated carbocycles. The quantitative estimate of drug-likeness (QED) is 0.0158. The number of hydrogen-bond donors (Lipinski definition) is 2. The number of terminal acetylenes is 2. The predicted molar refractivity (Wildman–Crippen MR) is 326 cm³/mol. The van der Waals surface area contributed by atoms with Gasteiger partial charge in [-0.15, -0.1) is 23.0 Å². The molecule has 2 heterocycles. The summed E-state index contributed by atoms with van der Waals surface area (Å²) in [6.07, 6.45) is 58.3. The molecule has 0 unspecified atom stereocenters. The van der Waals surface area contributed by atoms with E-state index in [2.05, 4.69) is 72.9 Å². The average Bonchev–Trinajstić information content (AvgIpc) is 4.14. The maximum Gasteiger partial charge on any atom is 0.313 e. The number of hydrogen-bond acceptors (Lipinski definition) is 15. The Balaban J connectivity index is 0. The molecule has 0 aromatic carbocycles. The van der Waals surface area contributed by atoms with Crippen LogP contribution in [0.2, 0.25) is 0 Å². The third kappa shape index (κ3) is 58.6. The standard InChI is InChI=1S/C47H88N6O3S2.C6H10O3.C6H8O2.C3H4O/c1-2-3-4-5-6-7-8-9-10-11-12-15-20-25-30-35-47(55)56-43-46-41-53(51-49-46)37-32-27-22-17-14-19-24-29-34-39-58-44-57-38-33-28-23-18-13-16-21-26-31-36-52-40-45(42-54)48-50-52;1-3-5(7)9-6(8)4-2;1-3-5-8-6(7)4-2;1-2-3-4/h40-41,54H,2-39,42-44H2,1H3;3-4H2,1-2H3;1H,4-5H2,2H3;1,4H,3H2. The summed E-state index contributed by atoms with van der Waals surface area (Å²) in [5, 5.41) is 34.4. The zero-order chi connectivity index (χ0) is 58.3. The summed E-state index contributed by atoms with van der Waals surface area (Å²) in [6.45, 7) is 9.23. The zero-order valence-electron chi connectivity index (χ0n) is 50.1. The molecule has 0 saturated heterocycles. The van der Waals surface area contributed by atoms with Gasteiger partial charge in [0.1, 0.15) is 24.6 Å². The number of ether oxygens (including phenoxy) is 3. The number of aryl methyl sites for hydroxylation is 2. The smallest absolute Gasteiger partial charge is 0.313 e. The van der Waals surface area contributed by atoms with Crippen LogP contribution in [0.5, 0.6) is 0 Å². The van der Waals surface area contributed by atoms with Crippen molar-refractivity contribution >= 4 is 47.4 Å². The molecule has 0 radical (unpaired) electrons. The number of esters is 4. The Bertz CT molecular complexity index is 1750. The van der Waals surface area contributed by atoms with Crippen LogP contribution in [0.25, 0.3) is 0 Å². The minimum absolute atomic E-state index is 0.0268. The van der Waals surface area contributed by atoms with E-state index in [0.717, 1.165) is 44.5 Å². The Morgan fingerprint density at radius 1 is 0.481 bits per heavy atom. The fraction of sp³-hybridized carbons (Fsp3) is 0.806. The second-order valence-corrected chi connectivity index (χ2v) is 22.5. The number of nitrogens with zero attached hydrogens (tertiary/aromatic N) is 6. The summed E-state index contributed by atoms with van der Waals surface area (Å²) >= 11 is 4.27. The van der Waals surface area contributed by atoms with Crippen LogP contribution in [0.1, 0.15) is 277 Å². The summed E-state index contributed by atoms with van der Waals surface area (Å²) in [7, 11) is 0. The second kappa shape index (κ2) is 63.3. The van der Waals surface area contributed by atoms with Gasteiger partial charge in [-0.05, 0) is 43.6 Å². The van der Waals surface area contributed by atoms with Crippen LogP contribution in [0.15, 0.2) is 12.4 Å². The fourth-order valence-corrected chi connectivity index (χ4v) is 10.2. The first-order chi connectivity index (χ1) is 38.6. The molecule has 0 aliphatic heterocycles. The zero-order valence-corrected chi connectivity index (χ0v) is 51.7. The van der Waals surface area contributed by atoms with E-state index >= 15 is 0 Å². The highest BCUT2D eigenvalue weighted by molar-refractivity contribution is 8.15. The number of carbonyl (C=O) groups excluding carboxylic acids is 4. The molecular weight excluding hydrogens is 1040 g/mol. The van der Waals surface area contributed by atoms with Crippen molar-refractivity contribution in [2.24, 2.45) is 0 Å². The Labute approximate surface area is 488 Å². The van der Waals surface area contributed by atoms with E-state index in [1.807, 2.05) is 27.7 Å². The normalized spacial score (nSPS) is 10.5. The molecule has 79 heavy (non-hydrogen) atoms. The number of carbonyl (C=O) groups is 4. The molecule has 0 aliphatic carbocycles.